The Bertz CT molecular complexity index is 1130. The van der Waals surface area contributed by atoms with Crippen molar-refractivity contribution < 1.29 is 22.7 Å². The Labute approximate surface area is 179 Å². The third-order valence-electron chi connectivity index (χ3n) is 4.14. The number of hydrogen-bond acceptors (Lipinski definition) is 6. The monoisotopic (exact) mass is 444 g/mol. The molecule has 1 heterocycles. The largest absolute Gasteiger partial charge is 0.493 e. The van der Waals surface area contributed by atoms with Crippen molar-refractivity contribution in [2.45, 2.75) is 4.90 Å². The number of carbonyl (C=O) groups is 1. The number of rotatable bonds is 7. The lowest BCUT2D eigenvalue weighted by Crippen LogP contribution is -2.29. The number of ether oxygens (including phenoxy) is 2. The fraction of sp³-hybridized carbons (Fsp3) is 0.143. The van der Waals surface area contributed by atoms with Crippen molar-refractivity contribution in [3.05, 3.63) is 71.7 Å². The van der Waals surface area contributed by atoms with Gasteiger partial charge < -0.3 is 9.47 Å². The maximum absolute atomic E-state index is 12.9. The third-order valence-corrected chi connectivity index (χ3v) is 6.55. The number of methoxy groups -OCH3 is 2. The Morgan fingerprint density at radius 3 is 2.43 bits per heavy atom. The van der Waals surface area contributed by atoms with Gasteiger partial charge >= 0.3 is 0 Å². The molecule has 1 aliphatic rings. The Morgan fingerprint density at radius 1 is 1.10 bits per heavy atom. The highest BCUT2D eigenvalue weighted by Crippen LogP contribution is 2.35. The van der Waals surface area contributed by atoms with E-state index in [0.29, 0.717) is 22.0 Å². The Kier molecular flexibility index (Phi) is 6.63. The highest BCUT2D eigenvalue weighted by Gasteiger charge is 2.34. The maximum atomic E-state index is 12.9. The van der Waals surface area contributed by atoms with Gasteiger partial charge in [0.25, 0.3) is 15.9 Å². The first-order chi connectivity index (χ1) is 14.4. The number of amides is 1. The van der Waals surface area contributed by atoms with E-state index < -0.39 is 10.0 Å². The minimum absolute atomic E-state index is 0.0569. The van der Waals surface area contributed by atoms with Gasteiger partial charge in [0, 0.05) is 6.54 Å². The molecule has 30 heavy (non-hydrogen) atoms. The molecule has 1 saturated heterocycles. The SMILES string of the molecule is C=CCN1C(=O)/C(=C/c2ccc(OC)c(OC)c2)S/C1=N\S(=O)(=O)c1ccccc1. The number of benzene rings is 2. The first kappa shape index (κ1) is 21.7. The van der Waals surface area contributed by atoms with Crippen LogP contribution in [0, 0.1) is 0 Å². The minimum Gasteiger partial charge on any atom is -0.493 e. The summed E-state index contributed by atoms with van der Waals surface area (Å²) in [7, 11) is -0.899. The van der Waals surface area contributed by atoms with Gasteiger partial charge in [0.2, 0.25) is 0 Å². The van der Waals surface area contributed by atoms with Gasteiger partial charge in [-0.15, -0.1) is 11.0 Å². The Hall–Kier alpha value is -3.04. The van der Waals surface area contributed by atoms with Crippen molar-refractivity contribution in [2.24, 2.45) is 4.40 Å². The van der Waals surface area contributed by atoms with E-state index in [0.717, 1.165) is 11.8 Å². The number of thioether (sulfide) groups is 1. The van der Waals surface area contributed by atoms with Crippen LogP contribution in [0.25, 0.3) is 6.08 Å². The number of amidine groups is 1. The highest BCUT2D eigenvalue weighted by molar-refractivity contribution is 8.19. The quantitative estimate of drug-likeness (QED) is 0.480. The van der Waals surface area contributed by atoms with Crippen molar-refractivity contribution in [3.63, 3.8) is 0 Å². The molecule has 0 unspecified atom stereocenters. The van der Waals surface area contributed by atoms with Gasteiger partial charge in [-0.3, -0.25) is 9.69 Å². The Balaban J connectivity index is 1.99. The van der Waals surface area contributed by atoms with Crippen molar-refractivity contribution in [2.75, 3.05) is 20.8 Å². The van der Waals surface area contributed by atoms with Gasteiger partial charge in [0.1, 0.15) is 0 Å². The van der Waals surface area contributed by atoms with Crippen LogP contribution in [-0.2, 0) is 14.8 Å². The molecule has 0 N–H and O–H groups in total. The molecular weight excluding hydrogens is 424 g/mol. The summed E-state index contributed by atoms with van der Waals surface area (Å²) < 4.78 is 39.7. The summed E-state index contributed by atoms with van der Waals surface area (Å²) in [5.74, 6) is 0.733. The van der Waals surface area contributed by atoms with Crippen LogP contribution in [0.1, 0.15) is 5.56 Å². The smallest absolute Gasteiger partial charge is 0.284 e. The van der Waals surface area contributed by atoms with Crippen LogP contribution < -0.4 is 9.47 Å². The topological polar surface area (TPSA) is 85.3 Å². The molecule has 2 aromatic carbocycles. The van der Waals surface area contributed by atoms with E-state index in [1.807, 2.05) is 0 Å². The lowest BCUT2D eigenvalue weighted by Gasteiger charge is -2.12. The summed E-state index contributed by atoms with van der Waals surface area (Å²) in [6, 6.07) is 13.1. The molecule has 0 radical (unpaired) electrons. The lowest BCUT2D eigenvalue weighted by atomic mass is 10.2. The van der Waals surface area contributed by atoms with Crippen LogP contribution in [0.3, 0.4) is 0 Å². The second kappa shape index (κ2) is 9.19. The van der Waals surface area contributed by atoms with Crippen molar-refractivity contribution >= 4 is 38.9 Å². The summed E-state index contributed by atoms with van der Waals surface area (Å²) >= 11 is 0.995. The molecule has 7 nitrogen and oxygen atoms in total. The van der Waals surface area contributed by atoms with Gasteiger partial charge in [-0.2, -0.15) is 8.42 Å². The predicted octanol–water partition coefficient (Wildman–Crippen LogP) is 3.55. The number of hydrogen-bond donors (Lipinski definition) is 0. The first-order valence-electron chi connectivity index (χ1n) is 8.84. The maximum Gasteiger partial charge on any atom is 0.284 e. The van der Waals surface area contributed by atoms with E-state index >= 15 is 0 Å². The van der Waals surface area contributed by atoms with Gasteiger partial charge in [0.15, 0.2) is 16.7 Å². The molecule has 9 heteroatoms. The third kappa shape index (κ3) is 4.58. The fourth-order valence-electron chi connectivity index (χ4n) is 2.71. The first-order valence-corrected chi connectivity index (χ1v) is 11.1. The Morgan fingerprint density at radius 2 is 1.80 bits per heavy atom. The molecule has 0 bridgehead atoms. The molecule has 0 spiro atoms. The lowest BCUT2D eigenvalue weighted by molar-refractivity contribution is -0.121. The van der Waals surface area contributed by atoms with Crippen LogP contribution in [0.2, 0.25) is 0 Å². The van der Waals surface area contributed by atoms with Crippen LogP contribution >= 0.6 is 11.8 Å². The molecule has 3 rings (SSSR count). The van der Waals surface area contributed by atoms with E-state index in [4.69, 9.17) is 9.47 Å². The highest BCUT2D eigenvalue weighted by atomic mass is 32.2. The summed E-state index contributed by atoms with van der Waals surface area (Å²) in [5, 5.41) is 0.0791. The van der Waals surface area contributed by atoms with Crippen molar-refractivity contribution in [1.82, 2.24) is 4.90 Å². The zero-order valence-electron chi connectivity index (χ0n) is 16.4. The number of sulfonamides is 1. The minimum atomic E-state index is -3.96. The average molecular weight is 445 g/mol. The van der Waals surface area contributed by atoms with E-state index in [2.05, 4.69) is 11.0 Å². The fourth-order valence-corrected chi connectivity index (χ4v) is 4.92. The van der Waals surface area contributed by atoms with Crippen LogP contribution in [0.4, 0.5) is 0 Å². The molecule has 2 aromatic rings. The zero-order valence-corrected chi connectivity index (χ0v) is 18.1. The normalized spacial score (nSPS) is 16.9. The van der Waals surface area contributed by atoms with Crippen molar-refractivity contribution in [1.29, 1.82) is 0 Å². The van der Waals surface area contributed by atoms with E-state index in [1.165, 1.54) is 37.3 Å². The van der Waals surface area contributed by atoms with Crippen LogP contribution in [0.5, 0.6) is 11.5 Å². The molecule has 156 valence electrons. The average Bonchev–Trinajstić information content (AvgIpc) is 3.02. The number of carbonyl (C=O) groups excluding carboxylic acids is 1. The molecule has 0 saturated carbocycles. The second-order valence-corrected chi connectivity index (χ2v) is 8.70. The standard InChI is InChI=1S/C21H20N2O5S2/c1-4-12-23-20(24)19(14-15-10-11-17(27-2)18(13-15)28-3)29-21(23)22-30(25,26)16-8-6-5-7-9-16/h4-11,13-14H,1,12H2,2-3H3/b19-14-,22-21-. The molecule has 1 amide bonds. The van der Waals surface area contributed by atoms with Gasteiger partial charge in [0.05, 0.1) is 24.0 Å². The van der Waals surface area contributed by atoms with E-state index in [1.54, 1.807) is 42.5 Å². The summed E-state index contributed by atoms with van der Waals surface area (Å²) in [5.41, 5.74) is 0.703. The van der Waals surface area contributed by atoms with Crippen molar-refractivity contribution in [3.8, 4) is 11.5 Å². The molecular formula is C21H20N2O5S2. The number of nitrogens with zero attached hydrogens (tertiary/aromatic N) is 2. The van der Waals surface area contributed by atoms with E-state index in [9.17, 15) is 13.2 Å². The summed E-state index contributed by atoms with van der Waals surface area (Å²) in [6.45, 7) is 3.78. The molecule has 1 aliphatic heterocycles. The predicted molar refractivity (Wildman–Crippen MR) is 118 cm³/mol. The summed E-state index contributed by atoms with van der Waals surface area (Å²) in [6.07, 6.45) is 3.17. The van der Waals surface area contributed by atoms with Gasteiger partial charge in [-0.1, -0.05) is 30.3 Å². The van der Waals surface area contributed by atoms with E-state index in [-0.39, 0.29) is 22.5 Å². The molecule has 0 atom stereocenters. The van der Waals surface area contributed by atoms with Gasteiger partial charge in [-0.05, 0) is 47.7 Å². The molecule has 0 aromatic heterocycles. The van der Waals surface area contributed by atoms with Crippen LogP contribution in [-0.4, -0.2) is 45.2 Å². The molecule has 0 aliphatic carbocycles. The van der Waals surface area contributed by atoms with Crippen LogP contribution in [0.15, 0.2) is 75.4 Å². The molecule has 1 fully saturated rings. The summed E-state index contributed by atoms with van der Waals surface area (Å²) in [4.78, 5) is 14.5. The second-order valence-electron chi connectivity index (χ2n) is 6.09. The zero-order chi connectivity index (χ0) is 21.7. The van der Waals surface area contributed by atoms with Gasteiger partial charge in [-0.25, -0.2) is 0 Å².